The van der Waals surface area contributed by atoms with Crippen LogP contribution in [0.4, 0.5) is 4.39 Å². The molecule has 0 spiro atoms. The molecule has 20 heavy (non-hydrogen) atoms. The number of halogens is 1. The van der Waals surface area contributed by atoms with E-state index < -0.39 is 11.9 Å². The molecule has 1 amide bonds. The van der Waals surface area contributed by atoms with Gasteiger partial charge in [-0.15, -0.1) is 0 Å². The molecule has 0 radical (unpaired) electrons. The molecule has 3 rings (SSSR count). The van der Waals surface area contributed by atoms with Gasteiger partial charge in [-0.05, 0) is 31.7 Å². The molecule has 2 aliphatic rings. The number of carbonyl (C=O) groups is 1. The third-order valence-corrected chi connectivity index (χ3v) is 4.05. The molecular weight excluding hydrogens is 261 g/mol. The Hall–Kier alpha value is -1.62. The topological polar surface area (TPSA) is 58.6 Å². The van der Waals surface area contributed by atoms with Gasteiger partial charge in [-0.1, -0.05) is 12.1 Å². The third-order valence-electron chi connectivity index (χ3n) is 4.05. The maximum absolute atomic E-state index is 13.5. The number of rotatable bonds is 2. The summed E-state index contributed by atoms with van der Waals surface area (Å²) in [7, 11) is 0. The molecule has 108 valence electrons. The van der Waals surface area contributed by atoms with E-state index in [1.807, 2.05) is 0 Å². The highest BCUT2D eigenvalue weighted by Gasteiger charge is 2.32. The van der Waals surface area contributed by atoms with Crippen molar-refractivity contribution in [1.82, 2.24) is 5.32 Å². The Labute approximate surface area is 116 Å². The van der Waals surface area contributed by atoms with Gasteiger partial charge in [0.15, 0.2) is 17.7 Å². The average molecular weight is 279 g/mol. The number of benzene rings is 1. The molecule has 1 aliphatic carbocycles. The number of para-hydroxylation sites is 1. The molecule has 1 aliphatic heterocycles. The number of aliphatic hydroxyl groups excluding tert-OH is 1. The molecule has 0 saturated heterocycles. The molecule has 1 aromatic rings. The van der Waals surface area contributed by atoms with Gasteiger partial charge in [-0.2, -0.15) is 0 Å². The molecular formula is C15H18FNO3. The van der Waals surface area contributed by atoms with Crippen molar-refractivity contribution in [2.24, 2.45) is 0 Å². The first kappa shape index (κ1) is 13.4. The van der Waals surface area contributed by atoms with E-state index in [4.69, 9.17) is 4.74 Å². The number of aliphatic hydroxyl groups is 1. The van der Waals surface area contributed by atoms with Gasteiger partial charge in [0.2, 0.25) is 0 Å². The average Bonchev–Trinajstić information content (AvgIpc) is 2.87. The first-order chi connectivity index (χ1) is 9.63. The van der Waals surface area contributed by atoms with Crippen LogP contribution in [0.5, 0.6) is 5.75 Å². The lowest BCUT2D eigenvalue weighted by molar-refractivity contribution is -0.128. The van der Waals surface area contributed by atoms with Crippen LogP contribution in [-0.4, -0.2) is 29.3 Å². The van der Waals surface area contributed by atoms with Crippen molar-refractivity contribution in [3.05, 3.63) is 29.6 Å². The lowest BCUT2D eigenvalue weighted by Gasteiger charge is -2.27. The first-order valence-electron chi connectivity index (χ1n) is 7.06. The lowest BCUT2D eigenvalue weighted by Crippen LogP contribution is -2.45. The lowest BCUT2D eigenvalue weighted by atomic mass is 9.93. The first-order valence-corrected chi connectivity index (χ1v) is 7.06. The van der Waals surface area contributed by atoms with E-state index in [0.717, 1.165) is 18.4 Å². The minimum atomic E-state index is -0.645. The van der Waals surface area contributed by atoms with Gasteiger partial charge in [0.1, 0.15) is 0 Å². The number of nitrogens with one attached hydrogen (secondary N) is 1. The Bertz CT molecular complexity index is 512. The normalized spacial score (nSPS) is 28.6. The summed E-state index contributed by atoms with van der Waals surface area (Å²) >= 11 is 0. The van der Waals surface area contributed by atoms with Crippen LogP contribution < -0.4 is 10.1 Å². The summed E-state index contributed by atoms with van der Waals surface area (Å²) in [4.78, 5) is 12.2. The quantitative estimate of drug-likeness (QED) is 0.863. The zero-order valence-corrected chi connectivity index (χ0v) is 11.1. The highest BCUT2D eigenvalue weighted by molar-refractivity contribution is 5.82. The predicted octanol–water partition coefficient (Wildman–Crippen LogP) is 1.55. The van der Waals surface area contributed by atoms with Gasteiger partial charge in [0, 0.05) is 18.0 Å². The summed E-state index contributed by atoms with van der Waals surface area (Å²) in [5.74, 6) is -0.410. The zero-order valence-electron chi connectivity index (χ0n) is 11.1. The number of ether oxygens (including phenoxy) is 1. The minimum absolute atomic E-state index is 0.0862. The Morgan fingerprint density at radius 3 is 2.75 bits per heavy atom. The molecule has 1 aromatic carbocycles. The van der Waals surface area contributed by atoms with Crippen molar-refractivity contribution in [2.75, 3.05) is 0 Å². The summed E-state index contributed by atoms with van der Waals surface area (Å²) in [6.07, 6.45) is 2.50. The van der Waals surface area contributed by atoms with Gasteiger partial charge in [-0.3, -0.25) is 4.79 Å². The van der Waals surface area contributed by atoms with Crippen LogP contribution in [-0.2, 0) is 11.2 Å². The van der Waals surface area contributed by atoms with Crippen molar-refractivity contribution in [3.8, 4) is 5.75 Å². The van der Waals surface area contributed by atoms with Crippen molar-refractivity contribution in [1.29, 1.82) is 0 Å². The summed E-state index contributed by atoms with van der Waals surface area (Å²) in [5.41, 5.74) is 0.740. The molecule has 0 bridgehead atoms. The molecule has 2 N–H and O–H groups in total. The van der Waals surface area contributed by atoms with Gasteiger partial charge in [-0.25, -0.2) is 4.39 Å². The standard InChI is InChI=1S/C15H18FNO3/c16-12-3-1-2-9-8-13(20-14(9)12)15(19)17-10-4-6-11(18)7-5-10/h1-3,10-11,13,18H,4-8H2,(H,17,19). The Kier molecular flexibility index (Phi) is 3.61. The van der Waals surface area contributed by atoms with Crippen molar-refractivity contribution in [2.45, 2.75) is 50.4 Å². The number of amides is 1. The number of hydrogen-bond acceptors (Lipinski definition) is 3. The molecule has 1 atom stereocenters. The minimum Gasteiger partial charge on any atom is -0.477 e. The van der Waals surface area contributed by atoms with Gasteiger partial charge < -0.3 is 15.2 Å². The molecule has 5 heteroatoms. The second-order valence-electron chi connectivity index (χ2n) is 5.55. The summed E-state index contributed by atoms with van der Waals surface area (Å²) in [5, 5.41) is 12.4. The van der Waals surface area contributed by atoms with Crippen LogP contribution in [0.2, 0.25) is 0 Å². The molecule has 0 aromatic heterocycles. The Morgan fingerprint density at radius 1 is 1.30 bits per heavy atom. The Morgan fingerprint density at radius 2 is 2.05 bits per heavy atom. The van der Waals surface area contributed by atoms with Crippen LogP contribution in [0.3, 0.4) is 0 Å². The van der Waals surface area contributed by atoms with Crippen molar-refractivity contribution >= 4 is 5.91 Å². The van der Waals surface area contributed by atoms with Crippen LogP contribution in [0, 0.1) is 5.82 Å². The smallest absolute Gasteiger partial charge is 0.261 e. The van der Waals surface area contributed by atoms with E-state index in [0.29, 0.717) is 19.3 Å². The van der Waals surface area contributed by atoms with Crippen molar-refractivity contribution < 1.29 is 19.0 Å². The zero-order chi connectivity index (χ0) is 14.1. The van der Waals surface area contributed by atoms with Crippen molar-refractivity contribution in [3.63, 3.8) is 0 Å². The molecule has 4 nitrogen and oxygen atoms in total. The fourth-order valence-corrected chi connectivity index (χ4v) is 2.89. The summed E-state index contributed by atoms with van der Waals surface area (Å²) in [6.45, 7) is 0. The van der Waals surface area contributed by atoms with E-state index >= 15 is 0 Å². The van der Waals surface area contributed by atoms with E-state index in [1.165, 1.54) is 6.07 Å². The second-order valence-corrected chi connectivity index (χ2v) is 5.55. The fourth-order valence-electron chi connectivity index (χ4n) is 2.89. The number of carbonyl (C=O) groups excluding carboxylic acids is 1. The van der Waals surface area contributed by atoms with E-state index in [2.05, 4.69) is 5.32 Å². The molecule has 1 heterocycles. The number of fused-ring (bicyclic) bond motifs is 1. The monoisotopic (exact) mass is 279 g/mol. The molecule has 1 unspecified atom stereocenters. The Balaban J connectivity index is 1.59. The molecule has 1 saturated carbocycles. The van der Waals surface area contributed by atoms with Crippen LogP contribution in [0.15, 0.2) is 18.2 Å². The van der Waals surface area contributed by atoms with Crippen LogP contribution >= 0.6 is 0 Å². The highest BCUT2D eigenvalue weighted by atomic mass is 19.1. The maximum Gasteiger partial charge on any atom is 0.261 e. The molecule has 1 fully saturated rings. The van der Waals surface area contributed by atoms with E-state index in [9.17, 15) is 14.3 Å². The van der Waals surface area contributed by atoms with Gasteiger partial charge >= 0.3 is 0 Å². The summed E-state index contributed by atoms with van der Waals surface area (Å²) < 4.78 is 19.0. The second kappa shape index (κ2) is 5.40. The predicted molar refractivity (Wildman–Crippen MR) is 70.9 cm³/mol. The van der Waals surface area contributed by atoms with Gasteiger partial charge in [0.25, 0.3) is 5.91 Å². The van der Waals surface area contributed by atoms with Gasteiger partial charge in [0.05, 0.1) is 6.10 Å². The maximum atomic E-state index is 13.5. The fraction of sp³-hybridized carbons (Fsp3) is 0.533. The highest BCUT2D eigenvalue weighted by Crippen LogP contribution is 2.31. The van der Waals surface area contributed by atoms with Crippen LogP contribution in [0.1, 0.15) is 31.2 Å². The number of hydrogen-bond donors (Lipinski definition) is 2. The largest absolute Gasteiger partial charge is 0.477 e. The SMILES string of the molecule is O=C(NC1CCC(O)CC1)C1Cc2cccc(F)c2O1. The summed E-state index contributed by atoms with van der Waals surface area (Å²) in [6, 6.07) is 4.83. The van der Waals surface area contributed by atoms with Crippen LogP contribution in [0.25, 0.3) is 0 Å². The third kappa shape index (κ3) is 2.63. The van der Waals surface area contributed by atoms with E-state index in [-0.39, 0.29) is 23.8 Å². The van der Waals surface area contributed by atoms with E-state index in [1.54, 1.807) is 12.1 Å².